The van der Waals surface area contributed by atoms with Gasteiger partial charge in [-0.25, -0.2) is 4.98 Å². The standard InChI is InChI=1S/C48H28N2O/c1-2-10-35-29(8-1)21-24-40-41-28-34(23-26-43(41)51-48(35)40)45-38-13-5-3-11-36(38)44(37-12-4-6-14-39(37)45)31-17-15-30(16-18-31)42-25-22-33-20-19-32-9-7-27-49-46(32)47(33)50-42/h1-28H. The Balaban J connectivity index is 1.08. The summed E-state index contributed by atoms with van der Waals surface area (Å²) in [6.45, 7) is 0. The summed E-state index contributed by atoms with van der Waals surface area (Å²) in [4.78, 5) is 9.76. The second kappa shape index (κ2) is 10.8. The summed E-state index contributed by atoms with van der Waals surface area (Å²) in [5, 5.41) is 11.7. The number of nitrogens with zero attached hydrogens (tertiary/aromatic N) is 2. The third-order valence-electron chi connectivity index (χ3n) is 10.5. The first-order valence-electron chi connectivity index (χ1n) is 17.3. The fraction of sp³-hybridized carbons (Fsp3) is 0. The Labute approximate surface area is 293 Å². The molecule has 11 rings (SSSR count). The van der Waals surface area contributed by atoms with Crippen molar-refractivity contribution in [2.75, 3.05) is 0 Å². The minimum Gasteiger partial charge on any atom is -0.455 e. The van der Waals surface area contributed by atoms with Gasteiger partial charge in [-0.2, -0.15) is 0 Å². The summed E-state index contributed by atoms with van der Waals surface area (Å²) < 4.78 is 6.48. The summed E-state index contributed by atoms with van der Waals surface area (Å²) in [6.07, 6.45) is 1.84. The highest BCUT2D eigenvalue weighted by Crippen LogP contribution is 2.45. The molecule has 8 aromatic carbocycles. The Morgan fingerprint density at radius 3 is 1.69 bits per heavy atom. The van der Waals surface area contributed by atoms with Crippen LogP contribution < -0.4 is 0 Å². The van der Waals surface area contributed by atoms with Crippen molar-refractivity contribution in [1.29, 1.82) is 0 Å². The Hall–Kier alpha value is -6.84. The zero-order chi connectivity index (χ0) is 33.5. The summed E-state index contributed by atoms with van der Waals surface area (Å²) >= 11 is 0. The van der Waals surface area contributed by atoms with Crippen molar-refractivity contribution in [2.24, 2.45) is 0 Å². The number of pyridine rings is 2. The Kier molecular flexibility index (Phi) is 5.96. The second-order valence-corrected chi connectivity index (χ2v) is 13.3. The van der Waals surface area contributed by atoms with E-state index < -0.39 is 0 Å². The number of hydrogen-bond donors (Lipinski definition) is 0. The quantitative estimate of drug-likeness (QED) is 0.141. The molecular formula is C48H28N2O. The molecule has 3 nitrogen and oxygen atoms in total. The van der Waals surface area contributed by atoms with Gasteiger partial charge in [0.05, 0.1) is 16.7 Å². The third-order valence-corrected chi connectivity index (χ3v) is 10.5. The lowest BCUT2D eigenvalue weighted by molar-refractivity contribution is 0.672. The molecule has 3 aromatic heterocycles. The third kappa shape index (κ3) is 4.25. The predicted molar refractivity (Wildman–Crippen MR) is 213 cm³/mol. The number of benzene rings is 8. The molecule has 0 unspecified atom stereocenters. The van der Waals surface area contributed by atoms with E-state index in [2.05, 4.69) is 163 Å². The van der Waals surface area contributed by atoms with Gasteiger partial charge in [0.25, 0.3) is 0 Å². The minimum atomic E-state index is 0.903. The van der Waals surface area contributed by atoms with Crippen molar-refractivity contribution in [3.63, 3.8) is 0 Å². The van der Waals surface area contributed by atoms with Crippen molar-refractivity contribution < 1.29 is 4.42 Å². The maximum absolute atomic E-state index is 6.48. The highest BCUT2D eigenvalue weighted by atomic mass is 16.3. The van der Waals surface area contributed by atoms with Crippen LogP contribution in [0.3, 0.4) is 0 Å². The molecule has 236 valence electrons. The van der Waals surface area contributed by atoms with Gasteiger partial charge in [0.1, 0.15) is 11.2 Å². The van der Waals surface area contributed by atoms with E-state index in [-0.39, 0.29) is 0 Å². The van der Waals surface area contributed by atoms with E-state index in [0.717, 1.165) is 60.4 Å². The van der Waals surface area contributed by atoms with Gasteiger partial charge in [-0.05, 0) is 79.5 Å². The lowest BCUT2D eigenvalue weighted by atomic mass is 9.85. The molecule has 0 spiro atoms. The van der Waals surface area contributed by atoms with E-state index in [1.807, 2.05) is 12.3 Å². The van der Waals surface area contributed by atoms with Gasteiger partial charge in [-0.3, -0.25) is 4.98 Å². The van der Waals surface area contributed by atoms with E-state index in [9.17, 15) is 0 Å². The largest absolute Gasteiger partial charge is 0.455 e. The van der Waals surface area contributed by atoms with Crippen molar-refractivity contribution in [3.8, 4) is 33.5 Å². The SMILES string of the molecule is c1ccc2c(c1)ccc1c3cc(-c4c5ccccc5c(-c5ccc(-c6ccc7ccc8cccnc8c7n6)cc5)c5ccccc45)ccc3oc21. The molecular weight excluding hydrogens is 621 g/mol. The summed E-state index contributed by atoms with van der Waals surface area (Å²) in [6, 6.07) is 58.5. The smallest absolute Gasteiger partial charge is 0.143 e. The Morgan fingerprint density at radius 2 is 0.941 bits per heavy atom. The molecule has 11 aromatic rings. The predicted octanol–water partition coefficient (Wildman–Crippen LogP) is 13.1. The van der Waals surface area contributed by atoms with Crippen LogP contribution in [0.25, 0.3) is 110 Å². The monoisotopic (exact) mass is 648 g/mol. The molecule has 0 amide bonds. The molecule has 0 bridgehead atoms. The minimum absolute atomic E-state index is 0.903. The molecule has 0 radical (unpaired) electrons. The summed E-state index contributed by atoms with van der Waals surface area (Å²) in [5.41, 5.74) is 10.5. The van der Waals surface area contributed by atoms with Crippen LogP contribution >= 0.6 is 0 Å². The molecule has 0 saturated carbocycles. The molecule has 0 aliphatic carbocycles. The van der Waals surface area contributed by atoms with E-state index in [0.29, 0.717) is 0 Å². The first-order valence-corrected chi connectivity index (χ1v) is 17.3. The van der Waals surface area contributed by atoms with Crippen LogP contribution in [0.5, 0.6) is 0 Å². The molecule has 3 heterocycles. The van der Waals surface area contributed by atoms with Crippen molar-refractivity contribution >= 4 is 76.1 Å². The number of furan rings is 1. The molecule has 0 saturated heterocycles. The van der Waals surface area contributed by atoms with Crippen LogP contribution in [-0.4, -0.2) is 9.97 Å². The molecule has 0 aliphatic rings. The fourth-order valence-electron chi connectivity index (χ4n) is 8.10. The molecule has 0 N–H and O–H groups in total. The maximum atomic E-state index is 6.48. The first kappa shape index (κ1) is 28.0. The van der Waals surface area contributed by atoms with Crippen LogP contribution in [0.2, 0.25) is 0 Å². The zero-order valence-corrected chi connectivity index (χ0v) is 27.5. The molecule has 51 heavy (non-hydrogen) atoms. The molecule has 0 fully saturated rings. The molecule has 3 heteroatoms. The first-order chi connectivity index (χ1) is 25.3. The van der Waals surface area contributed by atoms with Crippen LogP contribution in [-0.2, 0) is 0 Å². The van der Waals surface area contributed by atoms with E-state index >= 15 is 0 Å². The summed E-state index contributed by atoms with van der Waals surface area (Å²) in [7, 11) is 0. The zero-order valence-electron chi connectivity index (χ0n) is 27.5. The number of fused-ring (bicyclic) bond motifs is 10. The van der Waals surface area contributed by atoms with E-state index in [1.54, 1.807) is 0 Å². The molecule has 0 atom stereocenters. The van der Waals surface area contributed by atoms with Crippen LogP contribution in [0.1, 0.15) is 0 Å². The maximum Gasteiger partial charge on any atom is 0.143 e. The van der Waals surface area contributed by atoms with Crippen molar-refractivity contribution in [2.45, 2.75) is 0 Å². The van der Waals surface area contributed by atoms with Crippen molar-refractivity contribution in [3.05, 3.63) is 170 Å². The summed E-state index contributed by atoms with van der Waals surface area (Å²) in [5.74, 6) is 0. The van der Waals surface area contributed by atoms with Crippen molar-refractivity contribution in [1.82, 2.24) is 9.97 Å². The molecule has 0 aliphatic heterocycles. The lowest BCUT2D eigenvalue weighted by Crippen LogP contribution is -1.91. The van der Waals surface area contributed by atoms with Gasteiger partial charge in [-0.15, -0.1) is 0 Å². The van der Waals surface area contributed by atoms with E-state index in [1.165, 1.54) is 49.2 Å². The topological polar surface area (TPSA) is 38.9 Å². The lowest BCUT2D eigenvalue weighted by Gasteiger charge is -2.18. The van der Waals surface area contributed by atoms with Gasteiger partial charge >= 0.3 is 0 Å². The van der Waals surface area contributed by atoms with Gasteiger partial charge in [-0.1, -0.05) is 133 Å². The average molecular weight is 649 g/mol. The second-order valence-electron chi connectivity index (χ2n) is 13.3. The van der Waals surface area contributed by atoms with Crippen LogP contribution in [0.4, 0.5) is 0 Å². The van der Waals surface area contributed by atoms with Gasteiger partial charge in [0.2, 0.25) is 0 Å². The normalized spacial score (nSPS) is 11.9. The van der Waals surface area contributed by atoms with Gasteiger partial charge < -0.3 is 4.42 Å². The number of rotatable bonds is 3. The van der Waals surface area contributed by atoms with Crippen LogP contribution in [0, 0.1) is 0 Å². The Bertz CT molecular complexity index is 3130. The highest BCUT2D eigenvalue weighted by molar-refractivity contribution is 6.23. The Morgan fingerprint density at radius 1 is 0.373 bits per heavy atom. The van der Waals surface area contributed by atoms with Crippen LogP contribution in [0.15, 0.2) is 174 Å². The highest BCUT2D eigenvalue weighted by Gasteiger charge is 2.18. The van der Waals surface area contributed by atoms with Gasteiger partial charge in [0, 0.05) is 38.7 Å². The van der Waals surface area contributed by atoms with E-state index in [4.69, 9.17) is 9.40 Å². The fourth-order valence-corrected chi connectivity index (χ4v) is 8.10. The average Bonchev–Trinajstić information content (AvgIpc) is 3.58. The number of hydrogen-bond acceptors (Lipinski definition) is 3. The number of aromatic nitrogens is 2. The van der Waals surface area contributed by atoms with Gasteiger partial charge in [0.15, 0.2) is 0 Å².